The fourth-order valence-electron chi connectivity index (χ4n) is 3.87. The van der Waals surface area contributed by atoms with Crippen LogP contribution in [0.25, 0.3) is 27.7 Å². The van der Waals surface area contributed by atoms with Crippen LogP contribution in [0, 0.1) is 0 Å². The minimum absolute atomic E-state index is 0.383. The minimum Gasteiger partial charge on any atom is -0.496 e. The molecule has 9 heteroatoms. The van der Waals surface area contributed by atoms with E-state index in [2.05, 4.69) is 31.7 Å². The lowest BCUT2D eigenvalue weighted by Gasteiger charge is -2.23. The molecule has 0 saturated heterocycles. The second kappa shape index (κ2) is 8.35. The number of aromatic amines is 1. The average molecular weight is 448 g/mol. The van der Waals surface area contributed by atoms with Crippen LogP contribution < -0.4 is 10.1 Å². The van der Waals surface area contributed by atoms with Gasteiger partial charge in [-0.05, 0) is 58.6 Å². The molecule has 1 aliphatic heterocycles. The molecule has 0 saturated carbocycles. The molecule has 32 heavy (non-hydrogen) atoms. The molecular weight excluding hydrogens is 426 g/mol. The van der Waals surface area contributed by atoms with Gasteiger partial charge in [-0.15, -0.1) is 0 Å². The fraction of sp³-hybridized carbons (Fsp3) is 0.174. The summed E-state index contributed by atoms with van der Waals surface area (Å²) in [6.45, 7) is 0.860. The quantitative estimate of drug-likeness (QED) is 0.388. The lowest BCUT2D eigenvalue weighted by atomic mass is 10.1. The van der Waals surface area contributed by atoms with E-state index in [0.717, 1.165) is 44.9 Å². The normalized spacial score (nSPS) is 13.8. The van der Waals surface area contributed by atoms with E-state index in [9.17, 15) is 4.79 Å². The van der Waals surface area contributed by atoms with Crippen molar-refractivity contribution in [3.63, 3.8) is 0 Å². The zero-order valence-corrected chi connectivity index (χ0v) is 18.1. The van der Waals surface area contributed by atoms with Gasteiger partial charge in [0.25, 0.3) is 0 Å². The number of nitrogens with zero attached hydrogens (tertiary/aromatic N) is 3. The molecule has 3 N–H and O–H groups in total. The van der Waals surface area contributed by atoms with Crippen molar-refractivity contribution in [3.8, 4) is 16.9 Å². The van der Waals surface area contributed by atoms with Crippen LogP contribution in [0.1, 0.15) is 12.1 Å². The summed E-state index contributed by atoms with van der Waals surface area (Å²) in [4.78, 5) is 24.7. The van der Waals surface area contributed by atoms with E-state index in [4.69, 9.17) is 9.84 Å². The Kier molecular flexibility index (Phi) is 5.24. The Bertz CT molecular complexity index is 1310. The number of thiophene rings is 1. The van der Waals surface area contributed by atoms with Crippen molar-refractivity contribution in [2.24, 2.45) is 0 Å². The molecule has 3 aromatic heterocycles. The SMILES string of the molecule is COc1ccc(Nc2ncnc3[nH]c(C4=CCN(C(=O)O)CC4)cc23)cc1-c1ccsc1. The fourth-order valence-corrected chi connectivity index (χ4v) is 4.52. The molecule has 8 nitrogen and oxygen atoms in total. The zero-order valence-electron chi connectivity index (χ0n) is 17.3. The summed E-state index contributed by atoms with van der Waals surface area (Å²) in [5.41, 5.74) is 5.74. The maximum absolute atomic E-state index is 11.2. The molecule has 0 radical (unpaired) electrons. The third-order valence-corrected chi connectivity index (χ3v) is 6.23. The number of hydrogen-bond acceptors (Lipinski definition) is 6. The van der Waals surface area contributed by atoms with Gasteiger partial charge in [-0.2, -0.15) is 11.3 Å². The number of benzene rings is 1. The molecule has 0 unspecified atom stereocenters. The highest BCUT2D eigenvalue weighted by Crippen LogP contribution is 2.35. The Morgan fingerprint density at radius 2 is 2.19 bits per heavy atom. The number of aromatic nitrogens is 3. The number of rotatable bonds is 5. The van der Waals surface area contributed by atoms with Gasteiger partial charge in [0.05, 0.1) is 12.5 Å². The third-order valence-electron chi connectivity index (χ3n) is 5.55. The molecule has 5 rings (SSSR count). The van der Waals surface area contributed by atoms with Crippen molar-refractivity contribution in [3.05, 3.63) is 59.2 Å². The Morgan fingerprint density at radius 1 is 1.28 bits per heavy atom. The van der Waals surface area contributed by atoms with E-state index in [0.29, 0.717) is 25.3 Å². The predicted molar refractivity (Wildman–Crippen MR) is 126 cm³/mol. The van der Waals surface area contributed by atoms with E-state index >= 15 is 0 Å². The number of amides is 1. The van der Waals surface area contributed by atoms with Crippen LogP contribution in [-0.2, 0) is 0 Å². The van der Waals surface area contributed by atoms with Crippen molar-refractivity contribution in [2.45, 2.75) is 6.42 Å². The highest BCUT2D eigenvalue weighted by atomic mass is 32.1. The summed E-state index contributed by atoms with van der Waals surface area (Å²) in [6, 6.07) is 10.0. The van der Waals surface area contributed by atoms with E-state index in [1.165, 1.54) is 11.2 Å². The lowest BCUT2D eigenvalue weighted by Crippen LogP contribution is -2.33. The number of H-pyrrole nitrogens is 1. The van der Waals surface area contributed by atoms with Gasteiger partial charge in [-0.1, -0.05) is 6.08 Å². The first kappa shape index (κ1) is 20.1. The van der Waals surface area contributed by atoms with Crippen molar-refractivity contribution >= 4 is 45.5 Å². The van der Waals surface area contributed by atoms with Crippen molar-refractivity contribution in [1.82, 2.24) is 19.9 Å². The molecule has 0 spiro atoms. The second-order valence-electron chi connectivity index (χ2n) is 7.43. The number of carbonyl (C=O) groups is 1. The molecule has 162 valence electrons. The third kappa shape index (κ3) is 3.78. The van der Waals surface area contributed by atoms with Gasteiger partial charge < -0.3 is 25.0 Å². The Morgan fingerprint density at radius 3 is 2.91 bits per heavy atom. The van der Waals surface area contributed by atoms with Crippen LogP contribution in [0.5, 0.6) is 5.75 Å². The van der Waals surface area contributed by atoms with Crippen LogP contribution in [0.4, 0.5) is 16.3 Å². The molecular formula is C23H21N5O3S. The van der Waals surface area contributed by atoms with Gasteiger partial charge >= 0.3 is 6.09 Å². The van der Waals surface area contributed by atoms with Crippen LogP contribution in [0.2, 0.25) is 0 Å². The first-order valence-corrected chi connectivity index (χ1v) is 11.1. The summed E-state index contributed by atoms with van der Waals surface area (Å²) in [6.07, 6.45) is 3.23. The standard InChI is InChI=1S/C23H21N5O3S/c1-31-20-3-2-16(10-17(20)15-6-9-32-12-15)26-21-18-11-19(27-22(18)25-13-24-21)14-4-7-28(8-5-14)23(29)30/h2-4,6,9-13H,5,7-8H2,1H3,(H,29,30)(H2,24,25,26,27). The summed E-state index contributed by atoms with van der Waals surface area (Å²) in [7, 11) is 1.67. The number of nitrogens with one attached hydrogen (secondary N) is 2. The van der Waals surface area contributed by atoms with Gasteiger partial charge in [-0.3, -0.25) is 0 Å². The molecule has 0 bridgehead atoms. The molecule has 1 aromatic carbocycles. The predicted octanol–water partition coefficient (Wildman–Crippen LogP) is 5.21. The molecule has 0 aliphatic carbocycles. The topological polar surface area (TPSA) is 103 Å². The first-order valence-electron chi connectivity index (χ1n) is 10.1. The number of hydrogen-bond donors (Lipinski definition) is 3. The number of anilines is 2. The van der Waals surface area contributed by atoms with Crippen LogP contribution in [-0.4, -0.2) is 51.3 Å². The largest absolute Gasteiger partial charge is 0.496 e. The lowest BCUT2D eigenvalue weighted by molar-refractivity contribution is 0.150. The monoisotopic (exact) mass is 447 g/mol. The maximum atomic E-state index is 11.2. The number of ether oxygens (including phenoxy) is 1. The molecule has 1 amide bonds. The Labute approximate surface area is 188 Å². The van der Waals surface area contributed by atoms with Gasteiger partial charge in [-0.25, -0.2) is 14.8 Å². The molecule has 4 aromatic rings. The van der Waals surface area contributed by atoms with Crippen molar-refractivity contribution in [1.29, 1.82) is 0 Å². The first-order chi connectivity index (χ1) is 15.6. The average Bonchev–Trinajstić information content (AvgIpc) is 3.50. The van der Waals surface area contributed by atoms with Crippen molar-refractivity contribution in [2.75, 3.05) is 25.5 Å². The second-order valence-corrected chi connectivity index (χ2v) is 8.21. The van der Waals surface area contributed by atoms with Crippen molar-refractivity contribution < 1.29 is 14.6 Å². The maximum Gasteiger partial charge on any atom is 0.407 e. The van der Waals surface area contributed by atoms with Gasteiger partial charge in [0.2, 0.25) is 0 Å². The van der Waals surface area contributed by atoms with Gasteiger partial charge in [0.15, 0.2) is 0 Å². The van der Waals surface area contributed by atoms with E-state index in [-0.39, 0.29) is 0 Å². The minimum atomic E-state index is -0.893. The number of fused-ring (bicyclic) bond motifs is 1. The molecule has 0 fully saturated rings. The highest BCUT2D eigenvalue weighted by Gasteiger charge is 2.19. The summed E-state index contributed by atoms with van der Waals surface area (Å²) in [5.74, 6) is 1.51. The zero-order chi connectivity index (χ0) is 22.1. The van der Waals surface area contributed by atoms with E-state index < -0.39 is 6.09 Å². The van der Waals surface area contributed by atoms with E-state index in [1.807, 2.05) is 35.7 Å². The van der Waals surface area contributed by atoms with Crippen LogP contribution in [0.15, 0.2) is 53.5 Å². The highest BCUT2D eigenvalue weighted by molar-refractivity contribution is 7.08. The van der Waals surface area contributed by atoms with Crippen LogP contribution in [0.3, 0.4) is 0 Å². The molecule has 0 atom stereocenters. The number of methoxy groups -OCH3 is 1. The van der Waals surface area contributed by atoms with Gasteiger partial charge in [0, 0.05) is 30.0 Å². The Balaban J connectivity index is 1.46. The summed E-state index contributed by atoms with van der Waals surface area (Å²) >= 11 is 1.64. The molecule has 4 heterocycles. The number of carboxylic acid groups (broad SMARTS) is 1. The molecule has 1 aliphatic rings. The van der Waals surface area contributed by atoms with Crippen LogP contribution >= 0.6 is 11.3 Å². The Hall–Kier alpha value is -3.85. The smallest absolute Gasteiger partial charge is 0.407 e. The summed E-state index contributed by atoms with van der Waals surface area (Å²) < 4.78 is 5.54. The summed E-state index contributed by atoms with van der Waals surface area (Å²) in [5, 5.41) is 17.6. The van der Waals surface area contributed by atoms with E-state index in [1.54, 1.807) is 18.4 Å². The van der Waals surface area contributed by atoms with Gasteiger partial charge in [0.1, 0.15) is 23.5 Å².